The lowest BCUT2D eigenvalue weighted by molar-refractivity contribution is -0.120. The Morgan fingerprint density at radius 3 is 2.42 bits per heavy atom. The first-order valence-electron chi connectivity index (χ1n) is 4.67. The van der Waals surface area contributed by atoms with Crippen molar-refractivity contribution in [3.63, 3.8) is 0 Å². The molecular weight excluding hydrogens is 152 g/mol. The number of rotatable bonds is 6. The molecule has 0 aromatic rings. The van der Waals surface area contributed by atoms with Crippen LogP contribution in [0.2, 0.25) is 0 Å². The Morgan fingerprint density at radius 1 is 1.33 bits per heavy atom. The zero-order valence-corrected chi connectivity index (χ0v) is 8.39. The first kappa shape index (κ1) is 11.4. The molecule has 0 aliphatic rings. The highest BCUT2D eigenvalue weighted by atomic mass is 16.1. The van der Waals surface area contributed by atoms with Gasteiger partial charge in [0.15, 0.2) is 0 Å². The number of carbonyl (C=O) groups is 1. The van der Waals surface area contributed by atoms with E-state index in [0.29, 0.717) is 6.42 Å². The van der Waals surface area contributed by atoms with E-state index >= 15 is 0 Å². The van der Waals surface area contributed by atoms with Gasteiger partial charge in [-0.05, 0) is 19.5 Å². The second kappa shape index (κ2) is 7.10. The van der Waals surface area contributed by atoms with Crippen molar-refractivity contribution in [2.75, 3.05) is 26.7 Å². The normalized spacial score (nSPS) is 10.3. The number of hydrogen-bond acceptors (Lipinski definition) is 2. The van der Waals surface area contributed by atoms with E-state index in [1.807, 2.05) is 0 Å². The van der Waals surface area contributed by atoms with Crippen molar-refractivity contribution >= 4 is 5.91 Å². The van der Waals surface area contributed by atoms with E-state index in [1.54, 1.807) is 7.05 Å². The molecule has 0 unspecified atom stereocenters. The molecule has 0 aromatic heterocycles. The molecule has 0 radical (unpaired) electrons. The predicted octanol–water partition coefficient (Wildman–Crippen LogP) is 0.854. The Hall–Kier alpha value is -0.570. The van der Waals surface area contributed by atoms with Gasteiger partial charge in [0, 0.05) is 20.0 Å². The summed E-state index contributed by atoms with van der Waals surface area (Å²) < 4.78 is 0. The standard InChI is InChI=1S/C9H20N2O/c1-4-7-11(5-2)8-6-9(12)10-3/h4-8H2,1-3H3,(H,10,12). The van der Waals surface area contributed by atoms with Crippen molar-refractivity contribution < 1.29 is 4.79 Å². The average Bonchev–Trinajstić information content (AvgIpc) is 2.11. The number of carbonyl (C=O) groups excluding carboxylic acids is 1. The molecule has 0 aromatic carbocycles. The molecule has 12 heavy (non-hydrogen) atoms. The van der Waals surface area contributed by atoms with E-state index in [4.69, 9.17) is 0 Å². The second-order valence-corrected chi connectivity index (χ2v) is 2.86. The summed E-state index contributed by atoms with van der Waals surface area (Å²) in [7, 11) is 1.68. The topological polar surface area (TPSA) is 32.3 Å². The number of nitrogens with zero attached hydrogens (tertiary/aromatic N) is 1. The van der Waals surface area contributed by atoms with Crippen LogP contribution in [0, 0.1) is 0 Å². The third-order valence-electron chi connectivity index (χ3n) is 1.92. The zero-order valence-electron chi connectivity index (χ0n) is 8.39. The van der Waals surface area contributed by atoms with Crippen molar-refractivity contribution in [1.29, 1.82) is 0 Å². The summed E-state index contributed by atoms with van der Waals surface area (Å²) in [4.78, 5) is 13.2. The van der Waals surface area contributed by atoms with Crippen LogP contribution in [-0.2, 0) is 4.79 Å². The molecule has 0 aliphatic heterocycles. The third kappa shape index (κ3) is 5.13. The summed E-state index contributed by atoms with van der Waals surface area (Å²) in [6, 6.07) is 0. The molecule has 0 aliphatic carbocycles. The van der Waals surface area contributed by atoms with Crippen LogP contribution in [0.15, 0.2) is 0 Å². The van der Waals surface area contributed by atoms with Crippen molar-refractivity contribution in [2.45, 2.75) is 26.7 Å². The van der Waals surface area contributed by atoms with E-state index in [1.165, 1.54) is 0 Å². The van der Waals surface area contributed by atoms with Gasteiger partial charge >= 0.3 is 0 Å². The van der Waals surface area contributed by atoms with E-state index < -0.39 is 0 Å². The molecule has 0 atom stereocenters. The highest BCUT2D eigenvalue weighted by Crippen LogP contribution is 1.92. The fraction of sp³-hybridized carbons (Fsp3) is 0.889. The van der Waals surface area contributed by atoms with Gasteiger partial charge in [-0.1, -0.05) is 13.8 Å². The fourth-order valence-electron chi connectivity index (χ4n) is 1.13. The predicted molar refractivity (Wildman–Crippen MR) is 51.1 cm³/mol. The van der Waals surface area contributed by atoms with Gasteiger partial charge < -0.3 is 10.2 Å². The van der Waals surface area contributed by atoms with Gasteiger partial charge in [0.1, 0.15) is 0 Å². The molecule has 0 saturated carbocycles. The molecule has 0 heterocycles. The molecule has 72 valence electrons. The molecular formula is C9H20N2O. The van der Waals surface area contributed by atoms with E-state index in [-0.39, 0.29) is 5.91 Å². The van der Waals surface area contributed by atoms with Crippen LogP contribution in [0.3, 0.4) is 0 Å². The summed E-state index contributed by atoms with van der Waals surface area (Å²) in [6.07, 6.45) is 1.77. The minimum absolute atomic E-state index is 0.129. The van der Waals surface area contributed by atoms with Gasteiger partial charge in [-0.15, -0.1) is 0 Å². The summed E-state index contributed by atoms with van der Waals surface area (Å²) in [6.45, 7) is 7.28. The Kier molecular flexibility index (Phi) is 6.76. The Morgan fingerprint density at radius 2 is 2.00 bits per heavy atom. The summed E-state index contributed by atoms with van der Waals surface area (Å²) in [5.74, 6) is 0.129. The smallest absolute Gasteiger partial charge is 0.221 e. The van der Waals surface area contributed by atoms with Crippen LogP contribution in [0.25, 0.3) is 0 Å². The quantitative estimate of drug-likeness (QED) is 0.644. The number of amides is 1. The van der Waals surface area contributed by atoms with Crippen LogP contribution in [0.4, 0.5) is 0 Å². The maximum Gasteiger partial charge on any atom is 0.221 e. The minimum atomic E-state index is 0.129. The van der Waals surface area contributed by atoms with Gasteiger partial charge in [-0.25, -0.2) is 0 Å². The lowest BCUT2D eigenvalue weighted by Crippen LogP contribution is -2.29. The first-order chi connectivity index (χ1) is 5.74. The molecule has 0 bridgehead atoms. The Balaban J connectivity index is 3.50. The van der Waals surface area contributed by atoms with Crippen molar-refractivity contribution in [1.82, 2.24) is 10.2 Å². The molecule has 0 spiro atoms. The Labute approximate surface area is 75.1 Å². The summed E-state index contributed by atoms with van der Waals surface area (Å²) in [5.41, 5.74) is 0. The zero-order chi connectivity index (χ0) is 9.40. The minimum Gasteiger partial charge on any atom is -0.359 e. The first-order valence-corrected chi connectivity index (χ1v) is 4.67. The van der Waals surface area contributed by atoms with Crippen LogP contribution in [0.5, 0.6) is 0 Å². The van der Waals surface area contributed by atoms with Gasteiger partial charge in [0.25, 0.3) is 0 Å². The summed E-state index contributed by atoms with van der Waals surface area (Å²) in [5, 5.41) is 2.62. The highest BCUT2D eigenvalue weighted by Gasteiger charge is 2.03. The molecule has 0 rings (SSSR count). The van der Waals surface area contributed by atoms with E-state index in [0.717, 1.165) is 26.1 Å². The molecule has 0 saturated heterocycles. The number of hydrogen-bond donors (Lipinski definition) is 1. The second-order valence-electron chi connectivity index (χ2n) is 2.86. The van der Waals surface area contributed by atoms with Crippen LogP contribution < -0.4 is 5.32 Å². The van der Waals surface area contributed by atoms with E-state index in [9.17, 15) is 4.79 Å². The highest BCUT2D eigenvalue weighted by molar-refractivity contribution is 5.75. The molecule has 3 heteroatoms. The van der Waals surface area contributed by atoms with Crippen molar-refractivity contribution in [3.05, 3.63) is 0 Å². The SMILES string of the molecule is CCCN(CC)CCC(=O)NC. The van der Waals surface area contributed by atoms with E-state index in [2.05, 4.69) is 24.1 Å². The van der Waals surface area contributed by atoms with Crippen LogP contribution in [-0.4, -0.2) is 37.5 Å². The lowest BCUT2D eigenvalue weighted by Gasteiger charge is -2.18. The van der Waals surface area contributed by atoms with Crippen molar-refractivity contribution in [2.24, 2.45) is 0 Å². The van der Waals surface area contributed by atoms with Crippen LogP contribution >= 0.6 is 0 Å². The average molecular weight is 172 g/mol. The molecule has 3 nitrogen and oxygen atoms in total. The lowest BCUT2D eigenvalue weighted by atomic mass is 10.3. The van der Waals surface area contributed by atoms with Gasteiger partial charge in [-0.3, -0.25) is 4.79 Å². The molecule has 1 N–H and O–H groups in total. The van der Waals surface area contributed by atoms with Gasteiger partial charge in [0.05, 0.1) is 0 Å². The maximum atomic E-state index is 10.9. The van der Waals surface area contributed by atoms with Gasteiger partial charge in [0.2, 0.25) is 5.91 Å². The van der Waals surface area contributed by atoms with Crippen LogP contribution in [0.1, 0.15) is 26.7 Å². The summed E-state index contributed by atoms with van der Waals surface area (Å²) >= 11 is 0. The van der Waals surface area contributed by atoms with Crippen molar-refractivity contribution in [3.8, 4) is 0 Å². The monoisotopic (exact) mass is 172 g/mol. The molecule has 0 fully saturated rings. The largest absolute Gasteiger partial charge is 0.359 e. The van der Waals surface area contributed by atoms with Gasteiger partial charge in [-0.2, -0.15) is 0 Å². The number of nitrogens with one attached hydrogen (secondary N) is 1. The third-order valence-corrected chi connectivity index (χ3v) is 1.92. The fourth-order valence-corrected chi connectivity index (χ4v) is 1.13. The molecule has 1 amide bonds. The Bertz CT molecular complexity index is 126. The maximum absolute atomic E-state index is 10.9.